The molecule has 7 heteroatoms. The average molecular weight is 519 g/mol. The van der Waals surface area contributed by atoms with Gasteiger partial charge in [0.2, 0.25) is 5.43 Å². The fourth-order valence-electron chi connectivity index (χ4n) is 3.88. The lowest BCUT2D eigenvalue weighted by Gasteiger charge is -2.16. The fourth-order valence-corrected chi connectivity index (χ4v) is 4.30. The zero-order chi connectivity index (χ0) is 25.1. The first kappa shape index (κ1) is 23.8. The Bertz CT molecular complexity index is 1600. The number of rotatable bonds is 7. The summed E-state index contributed by atoms with van der Waals surface area (Å²) < 4.78 is 17.6. The summed E-state index contributed by atoms with van der Waals surface area (Å²) in [6.45, 7) is 0.305. The summed E-state index contributed by atoms with van der Waals surface area (Å²) in [4.78, 5) is 13.0. The number of hydrogen-bond donors (Lipinski definition) is 1. The lowest BCUT2D eigenvalue weighted by Crippen LogP contribution is -2.05. The SMILES string of the molecule is O=c1cc(OCc2cccc(Cl)c2)oc2cc(-c3ccccc3)c(OCc3cccc(Cl)c3)c(O)c12. The Kier molecular flexibility index (Phi) is 6.85. The Labute approximate surface area is 217 Å². The highest BCUT2D eigenvalue weighted by Crippen LogP contribution is 2.43. The molecule has 4 aromatic carbocycles. The molecule has 36 heavy (non-hydrogen) atoms. The second-order valence-electron chi connectivity index (χ2n) is 8.11. The summed E-state index contributed by atoms with van der Waals surface area (Å²) in [6, 6.07) is 26.7. The molecular weight excluding hydrogens is 499 g/mol. The van der Waals surface area contributed by atoms with Crippen molar-refractivity contribution < 1.29 is 19.0 Å². The van der Waals surface area contributed by atoms with Crippen LogP contribution in [0.15, 0.2) is 100 Å². The molecule has 0 bridgehead atoms. The molecule has 0 saturated heterocycles. The molecule has 5 rings (SSSR count). The third-order valence-corrected chi connectivity index (χ3v) is 6.02. The first-order valence-corrected chi connectivity index (χ1v) is 11.9. The molecule has 5 nitrogen and oxygen atoms in total. The van der Waals surface area contributed by atoms with Gasteiger partial charge in [0.15, 0.2) is 11.5 Å². The highest BCUT2D eigenvalue weighted by Gasteiger charge is 2.21. The summed E-state index contributed by atoms with van der Waals surface area (Å²) in [7, 11) is 0. The summed E-state index contributed by atoms with van der Waals surface area (Å²) in [6.07, 6.45) is 0. The first-order valence-electron chi connectivity index (χ1n) is 11.1. The molecule has 5 aromatic rings. The normalized spacial score (nSPS) is 10.9. The number of ether oxygens (including phenoxy) is 2. The third kappa shape index (κ3) is 5.18. The van der Waals surface area contributed by atoms with Crippen LogP contribution in [0, 0.1) is 0 Å². The maximum atomic E-state index is 13.0. The number of halogens is 2. The van der Waals surface area contributed by atoms with E-state index in [-0.39, 0.29) is 41.6 Å². The lowest BCUT2D eigenvalue weighted by molar-refractivity contribution is 0.235. The summed E-state index contributed by atoms with van der Waals surface area (Å²) >= 11 is 12.1. The zero-order valence-corrected chi connectivity index (χ0v) is 20.4. The Hall–Kier alpha value is -3.93. The molecule has 0 fully saturated rings. The van der Waals surface area contributed by atoms with Crippen LogP contribution < -0.4 is 14.9 Å². The molecule has 0 spiro atoms. The van der Waals surface area contributed by atoms with E-state index in [2.05, 4.69) is 0 Å². The maximum Gasteiger partial charge on any atom is 0.289 e. The van der Waals surface area contributed by atoms with Gasteiger partial charge < -0.3 is 19.0 Å². The highest BCUT2D eigenvalue weighted by molar-refractivity contribution is 6.30. The minimum Gasteiger partial charge on any atom is -0.504 e. The Balaban J connectivity index is 1.55. The van der Waals surface area contributed by atoms with Crippen LogP contribution in [0.4, 0.5) is 0 Å². The van der Waals surface area contributed by atoms with E-state index in [1.54, 1.807) is 30.3 Å². The van der Waals surface area contributed by atoms with Crippen molar-refractivity contribution in [3.63, 3.8) is 0 Å². The van der Waals surface area contributed by atoms with Gasteiger partial charge in [0, 0.05) is 15.6 Å². The van der Waals surface area contributed by atoms with Crippen LogP contribution in [0.2, 0.25) is 10.0 Å². The van der Waals surface area contributed by atoms with Crippen LogP contribution in [-0.2, 0) is 13.2 Å². The van der Waals surface area contributed by atoms with Gasteiger partial charge >= 0.3 is 0 Å². The number of fused-ring (bicyclic) bond motifs is 1. The molecule has 0 aliphatic heterocycles. The topological polar surface area (TPSA) is 68.9 Å². The second kappa shape index (κ2) is 10.4. The van der Waals surface area contributed by atoms with Crippen molar-refractivity contribution in [2.24, 2.45) is 0 Å². The highest BCUT2D eigenvalue weighted by atomic mass is 35.5. The molecule has 0 radical (unpaired) electrons. The van der Waals surface area contributed by atoms with Crippen molar-refractivity contribution in [1.29, 1.82) is 0 Å². The summed E-state index contributed by atoms with van der Waals surface area (Å²) in [5, 5.41) is 12.3. The third-order valence-electron chi connectivity index (χ3n) is 5.55. The van der Waals surface area contributed by atoms with E-state index in [0.717, 1.165) is 16.7 Å². The van der Waals surface area contributed by atoms with Crippen LogP contribution in [0.5, 0.6) is 17.4 Å². The van der Waals surface area contributed by atoms with E-state index >= 15 is 0 Å². The van der Waals surface area contributed by atoms with E-state index in [9.17, 15) is 9.90 Å². The minimum atomic E-state index is -0.456. The minimum absolute atomic E-state index is 0.00545. The molecule has 180 valence electrons. The summed E-state index contributed by atoms with van der Waals surface area (Å²) in [5.41, 5.74) is 2.71. The number of benzene rings is 4. The smallest absolute Gasteiger partial charge is 0.289 e. The van der Waals surface area contributed by atoms with E-state index in [1.807, 2.05) is 54.6 Å². The molecular formula is C29H20Cl2O5. The van der Waals surface area contributed by atoms with Crippen molar-refractivity contribution >= 4 is 34.2 Å². The number of phenols is 1. The van der Waals surface area contributed by atoms with Gasteiger partial charge in [-0.15, -0.1) is 0 Å². The Morgan fingerprint density at radius 3 is 2.03 bits per heavy atom. The number of hydrogen-bond acceptors (Lipinski definition) is 5. The average Bonchev–Trinajstić information content (AvgIpc) is 2.87. The molecule has 1 heterocycles. The van der Waals surface area contributed by atoms with Crippen molar-refractivity contribution in [2.45, 2.75) is 13.2 Å². The first-order chi connectivity index (χ1) is 17.5. The van der Waals surface area contributed by atoms with Crippen LogP contribution in [-0.4, -0.2) is 5.11 Å². The molecule has 0 saturated carbocycles. The van der Waals surface area contributed by atoms with Gasteiger partial charge in [-0.25, -0.2) is 0 Å². The van der Waals surface area contributed by atoms with Crippen molar-refractivity contribution in [2.75, 3.05) is 0 Å². The molecule has 0 amide bonds. The summed E-state index contributed by atoms with van der Waals surface area (Å²) in [5.74, 6) is -0.101. The standard InChI is InChI=1S/C29H20Cl2O5/c30-21-10-4-6-18(12-21)16-34-26-15-24(32)27-25(36-26)14-23(20-8-2-1-3-9-20)29(28(27)33)35-17-19-7-5-11-22(31)13-19/h1-15,33H,16-17H2. The second-order valence-corrected chi connectivity index (χ2v) is 8.98. The molecule has 0 aliphatic rings. The predicted molar refractivity (Wildman–Crippen MR) is 141 cm³/mol. The van der Waals surface area contributed by atoms with E-state index in [1.165, 1.54) is 6.07 Å². The van der Waals surface area contributed by atoms with Crippen LogP contribution in [0.25, 0.3) is 22.1 Å². The van der Waals surface area contributed by atoms with Crippen molar-refractivity contribution in [1.82, 2.24) is 0 Å². The molecule has 0 atom stereocenters. The van der Waals surface area contributed by atoms with Gasteiger partial charge in [0.1, 0.15) is 24.2 Å². The maximum absolute atomic E-state index is 13.0. The van der Waals surface area contributed by atoms with Crippen molar-refractivity contribution in [3.05, 3.63) is 122 Å². The lowest BCUT2D eigenvalue weighted by atomic mass is 10.0. The van der Waals surface area contributed by atoms with E-state index < -0.39 is 5.43 Å². The van der Waals surface area contributed by atoms with Gasteiger partial charge in [-0.2, -0.15) is 0 Å². The van der Waals surface area contributed by atoms with E-state index in [0.29, 0.717) is 15.6 Å². The zero-order valence-electron chi connectivity index (χ0n) is 18.9. The van der Waals surface area contributed by atoms with Gasteiger partial charge in [-0.05, 0) is 47.0 Å². The Morgan fingerprint density at radius 1 is 0.750 bits per heavy atom. The van der Waals surface area contributed by atoms with Crippen LogP contribution in [0.3, 0.4) is 0 Å². The number of phenolic OH excluding ortho intramolecular Hbond substituents is 1. The molecule has 0 unspecified atom stereocenters. The fraction of sp³-hybridized carbons (Fsp3) is 0.0690. The van der Waals surface area contributed by atoms with E-state index in [4.69, 9.17) is 37.1 Å². The van der Waals surface area contributed by atoms with Gasteiger partial charge in [-0.1, -0.05) is 77.8 Å². The quantitative estimate of drug-likeness (QED) is 0.240. The largest absolute Gasteiger partial charge is 0.504 e. The van der Waals surface area contributed by atoms with Gasteiger partial charge in [0.05, 0.1) is 6.07 Å². The van der Waals surface area contributed by atoms with Gasteiger partial charge in [0.25, 0.3) is 5.95 Å². The van der Waals surface area contributed by atoms with Crippen LogP contribution in [0.1, 0.15) is 11.1 Å². The predicted octanol–water partition coefficient (Wildman–Crippen LogP) is 7.63. The monoisotopic (exact) mass is 518 g/mol. The van der Waals surface area contributed by atoms with Crippen LogP contribution >= 0.6 is 23.2 Å². The van der Waals surface area contributed by atoms with Gasteiger partial charge in [-0.3, -0.25) is 4.79 Å². The van der Waals surface area contributed by atoms with Crippen molar-refractivity contribution in [3.8, 4) is 28.6 Å². The molecule has 1 aromatic heterocycles. The molecule has 1 N–H and O–H groups in total. The Morgan fingerprint density at radius 2 is 1.39 bits per heavy atom. The number of aromatic hydroxyl groups is 1. The molecule has 0 aliphatic carbocycles.